The summed E-state index contributed by atoms with van der Waals surface area (Å²) in [6.45, 7) is 2.93. The highest BCUT2D eigenvalue weighted by atomic mass is 32.1. The molecule has 1 unspecified atom stereocenters. The van der Waals surface area contributed by atoms with Crippen LogP contribution in [-0.2, 0) is 11.3 Å². The topological polar surface area (TPSA) is 55.1 Å². The lowest BCUT2D eigenvalue weighted by molar-refractivity contribution is -0.139. The van der Waals surface area contributed by atoms with Crippen LogP contribution in [0.25, 0.3) is 10.6 Å². The first-order chi connectivity index (χ1) is 8.65. The summed E-state index contributed by atoms with van der Waals surface area (Å²) in [5.74, 6) is -0.515. The number of carboxylic acids is 1. The van der Waals surface area contributed by atoms with E-state index in [0.717, 1.165) is 23.5 Å². The van der Waals surface area contributed by atoms with E-state index in [1.807, 2.05) is 16.8 Å². The number of aromatic nitrogens is 2. The molecule has 0 bridgehead atoms. The lowest BCUT2D eigenvalue weighted by Gasteiger charge is -2.19. The van der Waals surface area contributed by atoms with Crippen molar-refractivity contribution in [3.05, 3.63) is 29.0 Å². The number of carbonyl (C=O) groups is 1. The van der Waals surface area contributed by atoms with Crippen LogP contribution in [0.3, 0.4) is 0 Å². The van der Waals surface area contributed by atoms with Gasteiger partial charge in [-0.2, -0.15) is 0 Å². The number of nitrogens with zero attached hydrogens (tertiary/aromatic N) is 2. The van der Waals surface area contributed by atoms with Crippen molar-refractivity contribution in [1.29, 1.82) is 0 Å². The van der Waals surface area contributed by atoms with Gasteiger partial charge in [0.05, 0.1) is 10.6 Å². The molecule has 0 saturated carbocycles. The average Bonchev–Trinajstić information content (AvgIpc) is 2.93. The number of hydrogen-bond donors (Lipinski definition) is 1. The second-order valence-electron chi connectivity index (χ2n) is 4.62. The molecule has 0 saturated heterocycles. The molecule has 5 heteroatoms. The molecule has 0 aromatic carbocycles. The van der Waals surface area contributed by atoms with Crippen molar-refractivity contribution >= 4 is 17.3 Å². The largest absolute Gasteiger partial charge is 0.481 e. The number of aryl methyl sites for hydroxylation is 2. The molecule has 1 N–H and O–H groups in total. The van der Waals surface area contributed by atoms with Gasteiger partial charge in [0.25, 0.3) is 0 Å². The smallest absolute Gasteiger partial charge is 0.314 e. The molecule has 4 nitrogen and oxygen atoms in total. The summed E-state index contributed by atoms with van der Waals surface area (Å²) in [5, 5.41) is 9.22. The van der Waals surface area contributed by atoms with E-state index in [1.54, 1.807) is 11.3 Å². The fraction of sp³-hybridized carbons (Fsp3) is 0.385. The molecule has 0 aliphatic carbocycles. The molecule has 0 fully saturated rings. The second-order valence-corrected chi connectivity index (χ2v) is 5.91. The van der Waals surface area contributed by atoms with Crippen molar-refractivity contribution in [2.45, 2.75) is 32.2 Å². The van der Waals surface area contributed by atoms with Gasteiger partial charge < -0.3 is 9.67 Å². The van der Waals surface area contributed by atoms with E-state index >= 15 is 0 Å². The van der Waals surface area contributed by atoms with Crippen LogP contribution in [-0.4, -0.2) is 20.6 Å². The Morgan fingerprint density at radius 3 is 3.06 bits per heavy atom. The third-order valence-electron chi connectivity index (χ3n) is 3.30. The number of thiophene rings is 1. The third kappa shape index (κ3) is 1.84. The number of fused-ring (bicyclic) bond motifs is 1. The normalized spacial score (nSPS) is 18.6. The summed E-state index contributed by atoms with van der Waals surface area (Å²) in [6.07, 6.45) is 3.58. The maximum absolute atomic E-state index is 11.2. The Bertz CT molecular complexity index is 600. The van der Waals surface area contributed by atoms with Gasteiger partial charge in [0.15, 0.2) is 0 Å². The lowest BCUT2D eigenvalue weighted by Crippen LogP contribution is -2.21. The molecule has 94 valence electrons. The van der Waals surface area contributed by atoms with Crippen molar-refractivity contribution in [2.75, 3.05) is 0 Å². The zero-order valence-corrected chi connectivity index (χ0v) is 10.9. The standard InChI is InChI=1S/C13H14N2O2S/c1-8-4-5-11(18-8)10-7-15-6-2-3-9(13(16)17)12(15)14-10/h4-5,7,9H,2-3,6H2,1H3,(H,16,17). The van der Waals surface area contributed by atoms with Gasteiger partial charge in [0, 0.05) is 17.6 Å². The molecular weight excluding hydrogens is 248 g/mol. The van der Waals surface area contributed by atoms with E-state index in [0.29, 0.717) is 12.2 Å². The number of carboxylic acid groups (broad SMARTS) is 1. The van der Waals surface area contributed by atoms with Crippen LogP contribution in [0.1, 0.15) is 29.5 Å². The highest BCUT2D eigenvalue weighted by molar-refractivity contribution is 7.15. The zero-order chi connectivity index (χ0) is 12.7. The van der Waals surface area contributed by atoms with E-state index < -0.39 is 11.9 Å². The summed E-state index contributed by atoms with van der Waals surface area (Å²) >= 11 is 1.69. The van der Waals surface area contributed by atoms with Crippen molar-refractivity contribution in [2.24, 2.45) is 0 Å². The van der Waals surface area contributed by atoms with E-state index in [4.69, 9.17) is 0 Å². The van der Waals surface area contributed by atoms with E-state index in [1.165, 1.54) is 4.88 Å². The molecule has 1 aliphatic heterocycles. The van der Waals surface area contributed by atoms with Gasteiger partial charge in [-0.3, -0.25) is 4.79 Å². The molecule has 3 heterocycles. The number of aliphatic carboxylic acids is 1. The Labute approximate surface area is 109 Å². The Morgan fingerprint density at radius 1 is 1.56 bits per heavy atom. The summed E-state index contributed by atoms with van der Waals surface area (Å²) in [4.78, 5) is 18.1. The zero-order valence-electron chi connectivity index (χ0n) is 10.1. The van der Waals surface area contributed by atoms with Gasteiger partial charge in [-0.05, 0) is 31.9 Å². The van der Waals surface area contributed by atoms with Gasteiger partial charge in [0.1, 0.15) is 11.7 Å². The van der Waals surface area contributed by atoms with Crippen molar-refractivity contribution in [3.8, 4) is 10.6 Å². The van der Waals surface area contributed by atoms with E-state index in [-0.39, 0.29) is 0 Å². The molecular formula is C13H14N2O2S. The second kappa shape index (κ2) is 4.24. The van der Waals surface area contributed by atoms with Crippen molar-refractivity contribution in [1.82, 2.24) is 9.55 Å². The highest BCUT2D eigenvalue weighted by Gasteiger charge is 2.29. The molecule has 3 rings (SSSR count). The first kappa shape index (κ1) is 11.5. The Hall–Kier alpha value is -1.62. The van der Waals surface area contributed by atoms with Crippen LogP contribution < -0.4 is 0 Å². The summed E-state index contributed by atoms with van der Waals surface area (Å²) < 4.78 is 1.99. The van der Waals surface area contributed by atoms with Gasteiger partial charge in [-0.1, -0.05) is 0 Å². The maximum atomic E-state index is 11.2. The fourth-order valence-electron chi connectivity index (χ4n) is 2.41. The average molecular weight is 262 g/mol. The quantitative estimate of drug-likeness (QED) is 0.905. The summed E-state index contributed by atoms with van der Waals surface area (Å²) in [6, 6.07) is 4.11. The van der Waals surface area contributed by atoms with E-state index in [2.05, 4.69) is 18.0 Å². The van der Waals surface area contributed by atoms with Crippen LogP contribution in [0.5, 0.6) is 0 Å². The van der Waals surface area contributed by atoms with Crippen LogP contribution in [0.4, 0.5) is 0 Å². The minimum atomic E-state index is -0.768. The lowest BCUT2D eigenvalue weighted by atomic mass is 9.99. The Balaban J connectivity index is 2.03. The minimum Gasteiger partial charge on any atom is -0.481 e. The van der Waals surface area contributed by atoms with Gasteiger partial charge in [-0.15, -0.1) is 11.3 Å². The van der Waals surface area contributed by atoms with Crippen molar-refractivity contribution in [3.63, 3.8) is 0 Å². The highest BCUT2D eigenvalue weighted by Crippen LogP contribution is 2.32. The molecule has 1 atom stereocenters. The first-order valence-electron chi connectivity index (χ1n) is 6.02. The number of hydrogen-bond acceptors (Lipinski definition) is 3. The molecule has 0 amide bonds. The van der Waals surface area contributed by atoms with Crippen LogP contribution in [0.15, 0.2) is 18.3 Å². The van der Waals surface area contributed by atoms with Crippen LogP contribution >= 0.6 is 11.3 Å². The molecule has 18 heavy (non-hydrogen) atoms. The number of imidazole rings is 1. The predicted molar refractivity (Wildman–Crippen MR) is 69.9 cm³/mol. The molecule has 2 aromatic heterocycles. The minimum absolute atomic E-state index is 0.450. The Kier molecular flexibility index (Phi) is 2.70. The maximum Gasteiger partial charge on any atom is 0.314 e. The molecule has 0 spiro atoms. The summed E-state index contributed by atoms with van der Waals surface area (Å²) in [5.41, 5.74) is 0.899. The Morgan fingerprint density at radius 2 is 2.39 bits per heavy atom. The monoisotopic (exact) mass is 262 g/mol. The van der Waals surface area contributed by atoms with Crippen LogP contribution in [0.2, 0.25) is 0 Å². The van der Waals surface area contributed by atoms with Gasteiger partial charge in [-0.25, -0.2) is 4.98 Å². The van der Waals surface area contributed by atoms with Gasteiger partial charge in [0.2, 0.25) is 0 Å². The van der Waals surface area contributed by atoms with E-state index in [9.17, 15) is 9.90 Å². The van der Waals surface area contributed by atoms with Crippen molar-refractivity contribution < 1.29 is 9.90 Å². The summed E-state index contributed by atoms with van der Waals surface area (Å²) in [7, 11) is 0. The third-order valence-corrected chi connectivity index (χ3v) is 4.32. The molecule has 2 aromatic rings. The predicted octanol–water partition coefficient (Wildman–Crippen LogP) is 2.88. The number of rotatable bonds is 2. The SMILES string of the molecule is Cc1ccc(-c2cn3c(n2)C(C(=O)O)CCC3)s1. The first-order valence-corrected chi connectivity index (χ1v) is 6.83. The molecule has 0 radical (unpaired) electrons. The fourth-order valence-corrected chi connectivity index (χ4v) is 3.23. The molecule has 1 aliphatic rings. The van der Waals surface area contributed by atoms with Crippen LogP contribution in [0, 0.1) is 6.92 Å². The van der Waals surface area contributed by atoms with Gasteiger partial charge >= 0.3 is 5.97 Å².